The zero-order valence-electron chi connectivity index (χ0n) is 12.7. The van der Waals surface area contributed by atoms with E-state index in [1.54, 1.807) is 19.1 Å². The molecule has 0 atom stereocenters. The van der Waals surface area contributed by atoms with Crippen molar-refractivity contribution in [3.63, 3.8) is 0 Å². The second kappa shape index (κ2) is 6.08. The van der Waals surface area contributed by atoms with Crippen LogP contribution in [0.5, 0.6) is 0 Å². The molecule has 5 nitrogen and oxygen atoms in total. The van der Waals surface area contributed by atoms with Crippen molar-refractivity contribution in [2.45, 2.75) is 32.3 Å². The number of amides is 1. The summed E-state index contributed by atoms with van der Waals surface area (Å²) in [6, 6.07) is 6.06. The number of aryl methyl sites for hydroxylation is 1. The number of nitrogens with one attached hydrogen (secondary N) is 2. The first-order valence-corrected chi connectivity index (χ1v) is 7.45. The SMILES string of the molecule is CCc1ccccc1C(F)(F)C(=O)Nc1n[nH]c2c1COCC2. The quantitative estimate of drug-likeness (QED) is 0.910. The maximum Gasteiger partial charge on any atom is 0.350 e. The average molecular weight is 321 g/mol. The van der Waals surface area contributed by atoms with Crippen LogP contribution < -0.4 is 5.32 Å². The van der Waals surface area contributed by atoms with Crippen LogP contribution in [0.1, 0.15) is 29.3 Å². The predicted molar refractivity (Wildman–Crippen MR) is 80.3 cm³/mol. The minimum Gasteiger partial charge on any atom is -0.376 e. The minimum atomic E-state index is -3.63. The second-order valence-corrected chi connectivity index (χ2v) is 5.37. The Labute approximate surface area is 132 Å². The number of hydrogen-bond donors (Lipinski definition) is 2. The lowest BCUT2D eigenvalue weighted by molar-refractivity contribution is -0.141. The second-order valence-electron chi connectivity index (χ2n) is 5.37. The maximum atomic E-state index is 14.5. The summed E-state index contributed by atoms with van der Waals surface area (Å²) < 4.78 is 34.4. The third-order valence-corrected chi connectivity index (χ3v) is 3.95. The third kappa shape index (κ3) is 2.84. The number of halogens is 2. The Morgan fingerprint density at radius 1 is 1.43 bits per heavy atom. The van der Waals surface area contributed by atoms with Crippen molar-refractivity contribution in [2.75, 3.05) is 11.9 Å². The fourth-order valence-corrected chi connectivity index (χ4v) is 2.66. The lowest BCUT2D eigenvalue weighted by Gasteiger charge is -2.19. The number of rotatable bonds is 4. The molecular formula is C16H17F2N3O2. The van der Waals surface area contributed by atoms with Gasteiger partial charge in [-0.1, -0.05) is 31.2 Å². The Bertz CT molecular complexity index is 728. The molecule has 1 aromatic carbocycles. The Hall–Kier alpha value is -2.28. The molecule has 2 heterocycles. The normalized spacial score (nSPS) is 14.4. The Balaban J connectivity index is 1.86. The summed E-state index contributed by atoms with van der Waals surface area (Å²) in [6.45, 7) is 2.56. The molecule has 0 unspecified atom stereocenters. The first-order chi connectivity index (χ1) is 11.0. The van der Waals surface area contributed by atoms with Gasteiger partial charge in [0.1, 0.15) is 0 Å². The van der Waals surface area contributed by atoms with Gasteiger partial charge in [-0.25, -0.2) is 0 Å². The number of alkyl halides is 2. The fourth-order valence-electron chi connectivity index (χ4n) is 2.66. The largest absolute Gasteiger partial charge is 0.376 e. The number of aromatic amines is 1. The van der Waals surface area contributed by atoms with Crippen LogP contribution in [-0.2, 0) is 34.9 Å². The number of carbonyl (C=O) groups excluding carboxylic acids is 1. The Kier molecular flexibility index (Phi) is 4.12. The number of aromatic nitrogens is 2. The molecule has 23 heavy (non-hydrogen) atoms. The number of nitrogens with zero attached hydrogens (tertiary/aromatic N) is 1. The third-order valence-electron chi connectivity index (χ3n) is 3.95. The standard InChI is InChI=1S/C16H17F2N3O2/c1-2-10-5-3-4-6-12(10)16(17,18)15(22)19-14-11-9-23-8-7-13(11)20-21-14/h3-6H,2,7-9H2,1H3,(H2,19,20,21,22). The summed E-state index contributed by atoms with van der Waals surface area (Å²) in [6.07, 6.45) is 1.04. The van der Waals surface area contributed by atoms with E-state index < -0.39 is 11.8 Å². The first-order valence-electron chi connectivity index (χ1n) is 7.45. The molecule has 7 heteroatoms. The fraction of sp³-hybridized carbons (Fsp3) is 0.375. The van der Waals surface area contributed by atoms with Gasteiger partial charge in [0.05, 0.1) is 13.2 Å². The molecule has 122 valence electrons. The van der Waals surface area contributed by atoms with Gasteiger partial charge in [-0.2, -0.15) is 13.9 Å². The summed E-state index contributed by atoms with van der Waals surface area (Å²) in [5.74, 6) is -4.91. The molecule has 2 aromatic rings. The summed E-state index contributed by atoms with van der Waals surface area (Å²) in [7, 11) is 0. The van der Waals surface area contributed by atoms with Crippen molar-refractivity contribution < 1.29 is 18.3 Å². The van der Waals surface area contributed by atoms with Gasteiger partial charge in [0.2, 0.25) is 0 Å². The zero-order chi connectivity index (χ0) is 16.4. The highest BCUT2D eigenvalue weighted by Gasteiger charge is 2.43. The molecule has 0 aliphatic carbocycles. The van der Waals surface area contributed by atoms with Crippen LogP contribution in [0.2, 0.25) is 0 Å². The lowest BCUT2D eigenvalue weighted by atomic mass is 9.99. The van der Waals surface area contributed by atoms with Gasteiger partial charge in [0.25, 0.3) is 0 Å². The molecular weight excluding hydrogens is 304 g/mol. The highest BCUT2D eigenvalue weighted by molar-refractivity contribution is 5.96. The van der Waals surface area contributed by atoms with Crippen molar-refractivity contribution >= 4 is 11.7 Å². The van der Waals surface area contributed by atoms with E-state index >= 15 is 0 Å². The molecule has 2 N–H and O–H groups in total. The summed E-state index contributed by atoms with van der Waals surface area (Å²) in [4.78, 5) is 12.1. The summed E-state index contributed by atoms with van der Waals surface area (Å²) in [5, 5.41) is 8.90. The van der Waals surface area contributed by atoms with Crippen LogP contribution in [-0.4, -0.2) is 22.7 Å². The van der Waals surface area contributed by atoms with Crippen LogP contribution in [0.4, 0.5) is 14.6 Å². The molecule has 0 bridgehead atoms. The van der Waals surface area contributed by atoms with Crippen molar-refractivity contribution in [3.05, 3.63) is 46.6 Å². The van der Waals surface area contributed by atoms with Gasteiger partial charge in [0.15, 0.2) is 5.82 Å². The van der Waals surface area contributed by atoms with Crippen molar-refractivity contribution in [1.82, 2.24) is 10.2 Å². The highest BCUT2D eigenvalue weighted by atomic mass is 19.3. The van der Waals surface area contributed by atoms with Crippen molar-refractivity contribution in [3.8, 4) is 0 Å². The van der Waals surface area contributed by atoms with E-state index in [4.69, 9.17) is 4.74 Å². The van der Waals surface area contributed by atoms with Crippen molar-refractivity contribution in [2.24, 2.45) is 0 Å². The van der Waals surface area contributed by atoms with Gasteiger partial charge in [0, 0.05) is 23.2 Å². The van der Waals surface area contributed by atoms with E-state index in [-0.39, 0.29) is 18.0 Å². The van der Waals surface area contributed by atoms with E-state index in [2.05, 4.69) is 15.5 Å². The molecule has 0 spiro atoms. The molecule has 1 aliphatic heterocycles. The molecule has 1 aromatic heterocycles. The van der Waals surface area contributed by atoms with Gasteiger partial charge in [-0.05, 0) is 12.0 Å². The van der Waals surface area contributed by atoms with Crippen LogP contribution >= 0.6 is 0 Å². The van der Waals surface area contributed by atoms with E-state index in [0.717, 1.165) is 5.69 Å². The van der Waals surface area contributed by atoms with Gasteiger partial charge in [-0.15, -0.1) is 0 Å². The number of fused-ring (bicyclic) bond motifs is 1. The van der Waals surface area contributed by atoms with Gasteiger partial charge in [-0.3, -0.25) is 9.89 Å². The number of H-pyrrole nitrogens is 1. The molecule has 3 rings (SSSR count). The number of carbonyl (C=O) groups is 1. The van der Waals surface area contributed by atoms with E-state index in [9.17, 15) is 13.6 Å². The minimum absolute atomic E-state index is 0.110. The lowest BCUT2D eigenvalue weighted by Crippen LogP contribution is -2.33. The molecule has 0 saturated heterocycles. The maximum absolute atomic E-state index is 14.5. The van der Waals surface area contributed by atoms with E-state index in [1.165, 1.54) is 12.1 Å². The topological polar surface area (TPSA) is 67.0 Å². The van der Waals surface area contributed by atoms with Crippen LogP contribution in [0, 0.1) is 0 Å². The van der Waals surface area contributed by atoms with E-state index in [1.807, 2.05) is 0 Å². The van der Waals surface area contributed by atoms with E-state index in [0.29, 0.717) is 30.6 Å². The molecule has 0 saturated carbocycles. The summed E-state index contributed by atoms with van der Waals surface area (Å²) in [5.41, 5.74) is 1.61. The van der Waals surface area contributed by atoms with Gasteiger partial charge < -0.3 is 10.1 Å². The Morgan fingerprint density at radius 3 is 3.00 bits per heavy atom. The van der Waals surface area contributed by atoms with Gasteiger partial charge >= 0.3 is 11.8 Å². The highest BCUT2D eigenvalue weighted by Crippen LogP contribution is 2.33. The molecule has 0 radical (unpaired) electrons. The number of benzene rings is 1. The summed E-state index contributed by atoms with van der Waals surface area (Å²) >= 11 is 0. The molecule has 0 fully saturated rings. The number of ether oxygens (including phenoxy) is 1. The predicted octanol–water partition coefficient (Wildman–Crippen LogP) is 2.78. The van der Waals surface area contributed by atoms with Crippen LogP contribution in [0.25, 0.3) is 0 Å². The first kappa shape index (κ1) is 15.6. The Morgan fingerprint density at radius 2 is 2.22 bits per heavy atom. The molecule has 1 aliphatic rings. The van der Waals surface area contributed by atoms with Crippen LogP contribution in [0.3, 0.4) is 0 Å². The smallest absolute Gasteiger partial charge is 0.350 e. The number of anilines is 1. The van der Waals surface area contributed by atoms with Crippen molar-refractivity contribution in [1.29, 1.82) is 0 Å². The van der Waals surface area contributed by atoms with Crippen LogP contribution in [0.15, 0.2) is 24.3 Å². The number of hydrogen-bond acceptors (Lipinski definition) is 3. The monoisotopic (exact) mass is 321 g/mol. The average Bonchev–Trinajstić information content (AvgIpc) is 2.98. The zero-order valence-corrected chi connectivity index (χ0v) is 12.7. The molecule has 1 amide bonds.